The largest absolute Gasteiger partial charge is 0.297 e. The third-order valence-corrected chi connectivity index (χ3v) is 2.23. The van der Waals surface area contributed by atoms with E-state index in [2.05, 4.69) is 4.99 Å². The number of nitrogens with zero attached hydrogens (tertiary/aromatic N) is 1. The predicted molar refractivity (Wildman–Crippen MR) is 57.2 cm³/mol. The SMILES string of the molecule is C/N=C(\CC(=C(C)C)C(F)F)C(C)C. The maximum atomic E-state index is 12.6. The molecule has 0 aliphatic heterocycles. The number of halogens is 2. The highest BCUT2D eigenvalue weighted by Crippen LogP contribution is 2.20. The zero-order valence-corrected chi connectivity index (χ0v) is 9.56. The van der Waals surface area contributed by atoms with Crippen LogP contribution in [-0.4, -0.2) is 19.2 Å². The van der Waals surface area contributed by atoms with Crippen LogP contribution in [0.4, 0.5) is 8.78 Å². The minimum Gasteiger partial charge on any atom is -0.297 e. The number of rotatable bonds is 4. The number of alkyl halides is 2. The second-order valence-corrected chi connectivity index (χ2v) is 3.87. The number of aliphatic imine (C=N–C) groups is 1. The lowest BCUT2D eigenvalue weighted by atomic mass is 9.97. The maximum Gasteiger partial charge on any atom is 0.260 e. The molecule has 0 spiro atoms. The topological polar surface area (TPSA) is 12.4 Å². The molecular formula is C11H19F2N. The lowest BCUT2D eigenvalue weighted by Gasteiger charge is -2.13. The van der Waals surface area contributed by atoms with Crippen LogP contribution in [0.2, 0.25) is 0 Å². The molecule has 0 aliphatic carbocycles. The minimum atomic E-state index is -2.37. The molecular weight excluding hydrogens is 184 g/mol. The Kier molecular flexibility index (Phi) is 5.58. The van der Waals surface area contributed by atoms with E-state index in [1.807, 2.05) is 13.8 Å². The van der Waals surface area contributed by atoms with Crippen molar-refractivity contribution in [3.63, 3.8) is 0 Å². The Morgan fingerprint density at radius 2 is 1.71 bits per heavy atom. The molecule has 0 N–H and O–H groups in total. The van der Waals surface area contributed by atoms with Gasteiger partial charge in [0.15, 0.2) is 0 Å². The summed E-state index contributed by atoms with van der Waals surface area (Å²) in [6.07, 6.45) is -2.07. The van der Waals surface area contributed by atoms with Gasteiger partial charge in [0.2, 0.25) is 0 Å². The second-order valence-electron chi connectivity index (χ2n) is 3.87. The van der Waals surface area contributed by atoms with E-state index in [4.69, 9.17) is 0 Å². The Morgan fingerprint density at radius 3 is 1.93 bits per heavy atom. The van der Waals surface area contributed by atoms with Crippen LogP contribution in [-0.2, 0) is 0 Å². The predicted octanol–water partition coefficient (Wildman–Crippen LogP) is 3.70. The summed E-state index contributed by atoms with van der Waals surface area (Å²) in [5.41, 5.74) is 1.74. The van der Waals surface area contributed by atoms with Crippen molar-refractivity contribution in [1.82, 2.24) is 0 Å². The zero-order chi connectivity index (χ0) is 11.3. The smallest absolute Gasteiger partial charge is 0.260 e. The molecule has 0 aromatic carbocycles. The first-order valence-corrected chi connectivity index (χ1v) is 4.80. The first-order chi connectivity index (χ1) is 6.40. The molecule has 0 atom stereocenters. The molecule has 0 rings (SSSR count). The first kappa shape index (κ1) is 13.3. The van der Waals surface area contributed by atoms with Crippen LogP contribution in [0.1, 0.15) is 34.1 Å². The maximum absolute atomic E-state index is 12.6. The van der Waals surface area contributed by atoms with Crippen LogP contribution >= 0.6 is 0 Å². The summed E-state index contributed by atoms with van der Waals surface area (Å²) < 4.78 is 25.2. The van der Waals surface area contributed by atoms with Crippen LogP contribution < -0.4 is 0 Å². The highest BCUT2D eigenvalue weighted by Gasteiger charge is 2.16. The van der Waals surface area contributed by atoms with Crippen molar-refractivity contribution in [3.8, 4) is 0 Å². The number of hydrogen-bond acceptors (Lipinski definition) is 1. The molecule has 14 heavy (non-hydrogen) atoms. The monoisotopic (exact) mass is 203 g/mol. The lowest BCUT2D eigenvalue weighted by Crippen LogP contribution is -2.12. The molecule has 0 saturated heterocycles. The fraction of sp³-hybridized carbons (Fsp3) is 0.727. The van der Waals surface area contributed by atoms with Crippen molar-refractivity contribution in [2.45, 2.75) is 40.5 Å². The fourth-order valence-electron chi connectivity index (χ4n) is 1.21. The number of hydrogen-bond donors (Lipinski definition) is 0. The van der Waals surface area contributed by atoms with Crippen molar-refractivity contribution in [3.05, 3.63) is 11.1 Å². The average Bonchev–Trinajstić information content (AvgIpc) is 2.03. The summed E-state index contributed by atoms with van der Waals surface area (Å²) in [6.45, 7) is 7.37. The van der Waals surface area contributed by atoms with Crippen LogP contribution in [0.15, 0.2) is 16.1 Å². The molecule has 0 aliphatic rings. The molecule has 0 amide bonds. The van der Waals surface area contributed by atoms with Gasteiger partial charge in [-0.05, 0) is 25.3 Å². The summed E-state index contributed by atoms with van der Waals surface area (Å²) in [6, 6.07) is 0. The minimum absolute atomic E-state index is 0.208. The highest BCUT2D eigenvalue weighted by atomic mass is 19.3. The van der Waals surface area contributed by atoms with Gasteiger partial charge < -0.3 is 0 Å². The molecule has 0 fully saturated rings. The van der Waals surface area contributed by atoms with Gasteiger partial charge in [0.1, 0.15) is 0 Å². The van der Waals surface area contributed by atoms with Crippen molar-refractivity contribution in [1.29, 1.82) is 0 Å². The summed E-state index contributed by atoms with van der Waals surface area (Å²) in [5, 5.41) is 0. The quantitative estimate of drug-likeness (QED) is 0.488. The lowest BCUT2D eigenvalue weighted by molar-refractivity contribution is 0.186. The van der Waals surface area contributed by atoms with Gasteiger partial charge in [0.05, 0.1) is 0 Å². The molecule has 0 bridgehead atoms. The molecule has 82 valence electrons. The van der Waals surface area contributed by atoms with Crippen molar-refractivity contribution >= 4 is 5.71 Å². The van der Waals surface area contributed by atoms with Gasteiger partial charge >= 0.3 is 0 Å². The van der Waals surface area contributed by atoms with Gasteiger partial charge in [-0.1, -0.05) is 19.4 Å². The zero-order valence-electron chi connectivity index (χ0n) is 9.56. The molecule has 0 aromatic heterocycles. The van der Waals surface area contributed by atoms with Crippen LogP contribution in [0.3, 0.4) is 0 Å². The molecule has 0 saturated carbocycles. The van der Waals surface area contributed by atoms with Crippen molar-refractivity contribution < 1.29 is 8.78 Å². The van der Waals surface area contributed by atoms with Crippen molar-refractivity contribution in [2.24, 2.45) is 10.9 Å². The molecule has 1 nitrogen and oxygen atoms in total. The van der Waals surface area contributed by atoms with E-state index in [9.17, 15) is 8.78 Å². The molecule has 0 unspecified atom stereocenters. The van der Waals surface area contributed by atoms with E-state index >= 15 is 0 Å². The Morgan fingerprint density at radius 1 is 1.21 bits per heavy atom. The molecule has 0 radical (unpaired) electrons. The third kappa shape index (κ3) is 3.99. The number of allylic oxidation sites excluding steroid dienone is 2. The van der Waals surface area contributed by atoms with Gasteiger partial charge in [0.25, 0.3) is 6.43 Å². The van der Waals surface area contributed by atoms with Crippen LogP contribution in [0, 0.1) is 5.92 Å². The standard InChI is InChI=1S/C11H19F2N/c1-7(2)9(11(12)13)6-10(14-5)8(3)4/h8,11H,6H2,1-5H3/b14-10+. The Bertz CT molecular complexity index is 236. The fourth-order valence-corrected chi connectivity index (χ4v) is 1.21. The Hall–Kier alpha value is -0.730. The van der Waals surface area contributed by atoms with Gasteiger partial charge in [0, 0.05) is 19.2 Å². The van der Waals surface area contributed by atoms with Gasteiger partial charge in [-0.3, -0.25) is 4.99 Å². The van der Waals surface area contributed by atoms with E-state index in [1.165, 1.54) is 0 Å². The van der Waals surface area contributed by atoms with E-state index < -0.39 is 6.43 Å². The Labute approximate surface area is 84.9 Å². The summed E-state index contributed by atoms with van der Waals surface area (Å²) in [5.74, 6) is 0.230. The second kappa shape index (κ2) is 5.89. The van der Waals surface area contributed by atoms with E-state index in [0.29, 0.717) is 12.0 Å². The third-order valence-electron chi connectivity index (χ3n) is 2.23. The highest BCUT2D eigenvalue weighted by molar-refractivity contribution is 5.88. The first-order valence-electron chi connectivity index (χ1n) is 4.80. The normalized spacial score (nSPS) is 12.5. The molecule has 3 heteroatoms. The summed E-state index contributed by atoms with van der Waals surface area (Å²) in [4.78, 5) is 4.04. The van der Waals surface area contributed by atoms with Crippen LogP contribution in [0.5, 0.6) is 0 Å². The van der Waals surface area contributed by atoms with Crippen molar-refractivity contribution in [2.75, 3.05) is 7.05 Å². The average molecular weight is 203 g/mol. The summed E-state index contributed by atoms with van der Waals surface area (Å²) in [7, 11) is 1.66. The van der Waals surface area contributed by atoms with E-state index in [0.717, 1.165) is 5.71 Å². The van der Waals surface area contributed by atoms with Crippen LogP contribution in [0.25, 0.3) is 0 Å². The van der Waals surface area contributed by atoms with E-state index in [-0.39, 0.29) is 11.5 Å². The Balaban J connectivity index is 4.71. The summed E-state index contributed by atoms with van der Waals surface area (Å²) >= 11 is 0. The van der Waals surface area contributed by atoms with Gasteiger partial charge in [-0.2, -0.15) is 0 Å². The van der Waals surface area contributed by atoms with E-state index in [1.54, 1.807) is 20.9 Å². The van der Waals surface area contributed by atoms with Gasteiger partial charge in [-0.15, -0.1) is 0 Å². The van der Waals surface area contributed by atoms with Gasteiger partial charge in [-0.25, -0.2) is 8.78 Å². The molecule has 0 aromatic rings. The molecule has 0 heterocycles.